The van der Waals surface area contributed by atoms with Crippen LogP contribution in [0.4, 0.5) is 5.00 Å². The van der Waals surface area contributed by atoms with E-state index in [0.717, 1.165) is 10.4 Å². The molecule has 0 radical (unpaired) electrons. The number of nitrogens with one attached hydrogen (secondary N) is 1. The van der Waals surface area contributed by atoms with Gasteiger partial charge in [0.1, 0.15) is 10.8 Å². The molecule has 0 spiro atoms. The van der Waals surface area contributed by atoms with E-state index in [9.17, 15) is 9.59 Å². The van der Waals surface area contributed by atoms with Crippen LogP contribution < -0.4 is 10.1 Å². The molecule has 6 nitrogen and oxygen atoms in total. The Morgan fingerprint density at radius 1 is 1.35 bits per heavy atom. The number of aryl methyl sites for hydroxylation is 1. The Hall–Kier alpha value is -2.56. The molecule has 0 aliphatic heterocycles. The Morgan fingerprint density at radius 3 is 2.69 bits per heavy atom. The van der Waals surface area contributed by atoms with Gasteiger partial charge in [-0.05, 0) is 44.5 Å². The summed E-state index contributed by atoms with van der Waals surface area (Å²) in [6.45, 7) is 5.36. The molecule has 1 aromatic heterocycles. The molecular weight excluding hydrogens is 376 g/mol. The third kappa shape index (κ3) is 4.54. The van der Waals surface area contributed by atoms with E-state index < -0.39 is 11.9 Å². The standard InChI is InChI=1S/C18H17ClN2O4S/c1-4-24-18(23)16-10(2)11(3)26-17(16)21-15(22)9-25-14-6-5-12(8-20)7-13(14)19/h5-7H,4,9H2,1-3H3,(H,21,22). The Bertz CT molecular complexity index is 886. The van der Waals surface area contributed by atoms with Crippen LogP contribution in [0, 0.1) is 25.2 Å². The molecule has 26 heavy (non-hydrogen) atoms. The van der Waals surface area contributed by atoms with Crippen molar-refractivity contribution in [1.82, 2.24) is 0 Å². The monoisotopic (exact) mass is 392 g/mol. The lowest BCUT2D eigenvalue weighted by atomic mass is 10.1. The van der Waals surface area contributed by atoms with Crippen molar-refractivity contribution < 1.29 is 19.1 Å². The molecule has 2 aromatic rings. The van der Waals surface area contributed by atoms with Crippen molar-refractivity contribution in [3.05, 3.63) is 44.8 Å². The van der Waals surface area contributed by atoms with Gasteiger partial charge < -0.3 is 14.8 Å². The summed E-state index contributed by atoms with van der Waals surface area (Å²) >= 11 is 7.31. The molecule has 1 aromatic carbocycles. The number of nitrogens with zero attached hydrogens (tertiary/aromatic N) is 1. The highest BCUT2D eigenvalue weighted by Gasteiger charge is 2.22. The number of ether oxygens (including phenoxy) is 2. The van der Waals surface area contributed by atoms with Crippen molar-refractivity contribution in [2.24, 2.45) is 0 Å². The second-order valence-electron chi connectivity index (χ2n) is 5.30. The van der Waals surface area contributed by atoms with Crippen LogP contribution in [0.1, 0.15) is 33.3 Å². The molecule has 0 aliphatic rings. The fraction of sp³-hybridized carbons (Fsp3) is 0.278. The number of rotatable bonds is 6. The normalized spacial score (nSPS) is 10.1. The summed E-state index contributed by atoms with van der Waals surface area (Å²) < 4.78 is 10.4. The lowest BCUT2D eigenvalue weighted by Gasteiger charge is -2.09. The second kappa shape index (κ2) is 8.70. The number of carbonyl (C=O) groups is 2. The number of thiophene rings is 1. The van der Waals surface area contributed by atoms with Gasteiger partial charge in [0.25, 0.3) is 5.91 Å². The molecule has 0 fully saturated rings. The number of carbonyl (C=O) groups excluding carboxylic acids is 2. The van der Waals surface area contributed by atoms with Crippen LogP contribution in [-0.4, -0.2) is 25.1 Å². The van der Waals surface area contributed by atoms with Crippen LogP contribution in [0.5, 0.6) is 5.75 Å². The van der Waals surface area contributed by atoms with Crippen LogP contribution >= 0.6 is 22.9 Å². The van der Waals surface area contributed by atoms with Crippen LogP contribution in [0.2, 0.25) is 5.02 Å². The van der Waals surface area contributed by atoms with Gasteiger partial charge in [0.15, 0.2) is 6.61 Å². The minimum absolute atomic E-state index is 0.242. The van der Waals surface area contributed by atoms with E-state index in [1.165, 1.54) is 23.5 Å². The summed E-state index contributed by atoms with van der Waals surface area (Å²) in [5, 5.41) is 12.2. The SMILES string of the molecule is CCOC(=O)c1c(NC(=O)COc2ccc(C#N)cc2Cl)sc(C)c1C. The van der Waals surface area contributed by atoms with Crippen molar-refractivity contribution in [2.75, 3.05) is 18.5 Å². The number of halogens is 1. The molecule has 2 rings (SSSR count). The van der Waals surface area contributed by atoms with E-state index in [0.29, 0.717) is 21.9 Å². The summed E-state index contributed by atoms with van der Waals surface area (Å²) in [5.74, 6) is -0.608. The average Bonchev–Trinajstić information content (AvgIpc) is 2.87. The first kappa shape index (κ1) is 19.8. The van der Waals surface area contributed by atoms with Gasteiger partial charge in [0.2, 0.25) is 0 Å². The van der Waals surface area contributed by atoms with Crippen LogP contribution in [0.25, 0.3) is 0 Å². The van der Waals surface area contributed by atoms with Crippen LogP contribution in [0.15, 0.2) is 18.2 Å². The fourth-order valence-electron chi connectivity index (χ4n) is 2.16. The van der Waals surface area contributed by atoms with Gasteiger partial charge in [0, 0.05) is 4.88 Å². The Balaban J connectivity index is 2.08. The van der Waals surface area contributed by atoms with Gasteiger partial charge in [0.05, 0.1) is 28.8 Å². The molecule has 1 N–H and O–H groups in total. The van der Waals surface area contributed by atoms with Gasteiger partial charge in [-0.15, -0.1) is 11.3 Å². The Labute approximate surface area is 160 Å². The number of amides is 1. The molecule has 0 atom stereocenters. The molecule has 1 heterocycles. The molecule has 136 valence electrons. The summed E-state index contributed by atoms with van der Waals surface area (Å²) in [4.78, 5) is 25.2. The molecular formula is C18H17ClN2O4S. The zero-order valence-electron chi connectivity index (χ0n) is 14.5. The van der Waals surface area contributed by atoms with E-state index in [1.807, 2.05) is 13.0 Å². The minimum atomic E-state index is -0.472. The molecule has 8 heteroatoms. The number of hydrogen-bond acceptors (Lipinski definition) is 6. The van der Waals surface area contributed by atoms with E-state index in [-0.39, 0.29) is 18.2 Å². The smallest absolute Gasteiger partial charge is 0.341 e. The van der Waals surface area contributed by atoms with Crippen LogP contribution in [0.3, 0.4) is 0 Å². The highest BCUT2D eigenvalue weighted by Crippen LogP contribution is 2.33. The number of nitriles is 1. The lowest BCUT2D eigenvalue weighted by molar-refractivity contribution is -0.118. The summed E-state index contributed by atoms with van der Waals surface area (Å²) in [6.07, 6.45) is 0. The maximum atomic E-state index is 12.2. The van der Waals surface area contributed by atoms with Crippen molar-refractivity contribution in [1.29, 1.82) is 5.26 Å². The first-order valence-corrected chi connectivity index (χ1v) is 8.96. The van der Waals surface area contributed by atoms with Crippen molar-refractivity contribution in [3.8, 4) is 11.8 Å². The number of hydrogen-bond donors (Lipinski definition) is 1. The third-order valence-corrected chi connectivity index (χ3v) is 4.96. The first-order valence-electron chi connectivity index (χ1n) is 7.76. The van der Waals surface area contributed by atoms with Crippen molar-refractivity contribution in [2.45, 2.75) is 20.8 Å². The third-order valence-electron chi connectivity index (χ3n) is 3.54. The highest BCUT2D eigenvalue weighted by molar-refractivity contribution is 7.16. The fourth-order valence-corrected chi connectivity index (χ4v) is 3.46. The predicted molar refractivity (Wildman–Crippen MR) is 100 cm³/mol. The Morgan fingerprint density at radius 2 is 2.08 bits per heavy atom. The second-order valence-corrected chi connectivity index (χ2v) is 6.93. The van der Waals surface area contributed by atoms with Gasteiger partial charge in [-0.3, -0.25) is 4.79 Å². The highest BCUT2D eigenvalue weighted by atomic mass is 35.5. The number of anilines is 1. The molecule has 1 amide bonds. The topological polar surface area (TPSA) is 88.4 Å². The van der Waals surface area contributed by atoms with E-state index in [2.05, 4.69) is 5.32 Å². The zero-order valence-corrected chi connectivity index (χ0v) is 16.1. The quantitative estimate of drug-likeness (QED) is 0.748. The maximum absolute atomic E-state index is 12.2. The summed E-state index contributed by atoms with van der Waals surface area (Å²) in [7, 11) is 0. The molecule has 0 saturated carbocycles. The van der Waals surface area contributed by atoms with Crippen molar-refractivity contribution >= 4 is 39.8 Å². The van der Waals surface area contributed by atoms with Gasteiger partial charge in [-0.2, -0.15) is 5.26 Å². The zero-order chi connectivity index (χ0) is 19.3. The average molecular weight is 393 g/mol. The molecule has 0 saturated heterocycles. The van der Waals surface area contributed by atoms with Crippen LogP contribution in [-0.2, 0) is 9.53 Å². The van der Waals surface area contributed by atoms with Gasteiger partial charge in [-0.1, -0.05) is 11.6 Å². The maximum Gasteiger partial charge on any atom is 0.341 e. The Kier molecular flexibility index (Phi) is 6.61. The summed E-state index contributed by atoms with van der Waals surface area (Å²) in [6, 6.07) is 6.49. The van der Waals surface area contributed by atoms with Gasteiger partial charge >= 0.3 is 5.97 Å². The van der Waals surface area contributed by atoms with E-state index >= 15 is 0 Å². The number of benzene rings is 1. The molecule has 0 aliphatic carbocycles. The summed E-state index contributed by atoms with van der Waals surface area (Å²) in [5.41, 5.74) is 1.54. The van der Waals surface area contributed by atoms with E-state index in [4.69, 9.17) is 26.3 Å². The van der Waals surface area contributed by atoms with Gasteiger partial charge in [-0.25, -0.2) is 4.79 Å². The van der Waals surface area contributed by atoms with E-state index in [1.54, 1.807) is 19.9 Å². The predicted octanol–water partition coefficient (Wildman–Crippen LogP) is 4.08. The molecule has 0 bridgehead atoms. The number of esters is 1. The van der Waals surface area contributed by atoms with Crippen molar-refractivity contribution in [3.63, 3.8) is 0 Å². The largest absolute Gasteiger partial charge is 0.482 e. The first-order chi connectivity index (χ1) is 12.4. The lowest BCUT2D eigenvalue weighted by Crippen LogP contribution is -2.21. The molecule has 0 unspecified atom stereocenters. The minimum Gasteiger partial charge on any atom is -0.482 e.